The van der Waals surface area contributed by atoms with Gasteiger partial charge in [0.2, 0.25) is 0 Å². The Kier molecular flexibility index (Phi) is 2.14. The minimum absolute atomic E-state index is 0.0591. The highest BCUT2D eigenvalue weighted by Gasteiger charge is 2.19. The minimum Gasteiger partial charge on any atom is -0.249 e. The molecule has 0 aromatic carbocycles. The lowest BCUT2D eigenvalue weighted by atomic mass is 9.95. The van der Waals surface area contributed by atoms with Crippen molar-refractivity contribution in [2.75, 3.05) is 0 Å². The number of hydrogen-bond donors (Lipinski definition) is 0. The summed E-state index contributed by atoms with van der Waals surface area (Å²) in [5.41, 5.74) is 2.29. The number of nitrogens with zero attached hydrogens (tertiary/aromatic N) is 4. The van der Waals surface area contributed by atoms with Gasteiger partial charge in [-0.05, 0) is 6.92 Å². The number of hydrogen-bond acceptors (Lipinski definition) is 4. The summed E-state index contributed by atoms with van der Waals surface area (Å²) < 4.78 is 0. The fourth-order valence-electron chi connectivity index (χ4n) is 1.34. The predicted molar refractivity (Wildman–Crippen MR) is 58.6 cm³/mol. The Bertz CT molecular complexity index is 499. The van der Waals surface area contributed by atoms with Gasteiger partial charge in [-0.15, -0.1) is 0 Å². The monoisotopic (exact) mass is 202 g/mol. The number of aryl methyl sites for hydroxylation is 1. The Morgan fingerprint density at radius 2 is 1.67 bits per heavy atom. The van der Waals surface area contributed by atoms with Crippen LogP contribution < -0.4 is 0 Å². The highest BCUT2D eigenvalue weighted by Crippen LogP contribution is 2.20. The van der Waals surface area contributed by atoms with Crippen LogP contribution in [-0.4, -0.2) is 19.9 Å². The maximum Gasteiger partial charge on any atom is 0.181 e. The van der Waals surface area contributed by atoms with Crippen molar-refractivity contribution in [3.05, 3.63) is 23.9 Å². The molecule has 15 heavy (non-hydrogen) atoms. The standard InChI is InChI=1S/C11H14N4/c1-7-8-9(13-6-5-12-8)15-10(14-7)11(2,3)4/h5-6H,1-4H3. The van der Waals surface area contributed by atoms with E-state index in [-0.39, 0.29) is 5.41 Å². The van der Waals surface area contributed by atoms with Crippen molar-refractivity contribution in [1.29, 1.82) is 0 Å². The van der Waals surface area contributed by atoms with E-state index >= 15 is 0 Å². The fraction of sp³-hybridized carbons (Fsp3) is 0.455. The Balaban J connectivity index is 2.73. The molecule has 4 nitrogen and oxygen atoms in total. The molecule has 0 N–H and O–H groups in total. The minimum atomic E-state index is -0.0591. The van der Waals surface area contributed by atoms with E-state index in [4.69, 9.17) is 0 Å². The van der Waals surface area contributed by atoms with Crippen LogP contribution in [0.25, 0.3) is 11.2 Å². The van der Waals surface area contributed by atoms with Gasteiger partial charge in [0.25, 0.3) is 0 Å². The number of aromatic nitrogens is 4. The summed E-state index contributed by atoms with van der Waals surface area (Å²) in [4.78, 5) is 17.3. The van der Waals surface area contributed by atoms with E-state index in [2.05, 4.69) is 40.7 Å². The van der Waals surface area contributed by atoms with Gasteiger partial charge in [0.15, 0.2) is 5.65 Å². The fourth-order valence-corrected chi connectivity index (χ4v) is 1.34. The molecular formula is C11H14N4. The molecule has 0 spiro atoms. The number of fused-ring (bicyclic) bond motifs is 1. The SMILES string of the molecule is Cc1nc(C(C)(C)C)nc2nccnc12. The van der Waals surface area contributed by atoms with E-state index < -0.39 is 0 Å². The molecule has 2 heterocycles. The third-order valence-corrected chi connectivity index (χ3v) is 2.18. The van der Waals surface area contributed by atoms with Crippen LogP contribution in [-0.2, 0) is 5.41 Å². The average Bonchev–Trinajstić information content (AvgIpc) is 2.16. The Morgan fingerprint density at radius 3 is 2.33 bits per heavy atom. The molecule has 0 saturated heterocycles. The molecule has 2 aromatic heterocycles. The summed E-state index contributed by atoms with van der Waals surface area (Å²) in [6, 6.07) is 0. The first-order valence-electron chi connectivity index (χ1n) is 4.94. The second-order valence-electron chi connectivity index (χ2n) is 4.61. The summed E-state index contributed by atoms with van der Waals surface area (Å²) in [5.74, 6) is 0.813. The predicted octanol–water partition coefficient (Wildman–Crippen LogP) is 2.03. The van der Waals surface area contributed by atoms with Gasteiger partial charge in [-0.1, -0.05) is 20.8 Å². The van der Waals surface area contributed by atoms with E-state index in [1.165, 1.54) is 0 Å². The topological polar surface area (TPSA) is 51.6 Å². The first-order valence-corrected chi connectivity index (χ1v) is 4.94. The second-order valence-corrected chi connectivity index (χ2v) is 4.61. The van der Waals surface area contributed by atoms with Crippen molar-refractivity contribution in [3.8, 4) is 0 Å². The van der Waals surface area contributed by atoms with Crippen molar-refractivity contribution in [2.45, 2.75) is 33.1 Å². The third kappa shape index (κ3) is 1.79. The molecular weight excluding hydrogens is 188 g/mol. The summed E-state index contributed by atoms with van der Waals surface area (Å²) in [7, 11) is 0. The van der Waals surface area contributed by atoms with Crippen molar-refractivity contribution >= 4 is 11.2 Å². The summed E-state index contributed by atoms with van der Waals surface area (Å²) in [6.45, 7) is 8.20. The molecule has 0 aliphatic carbocycles. The van der Waals surface area contributed by atoms with Gasteiger partial charge in [-0.2, -0.15) is 0 Å². The summed E-state index contributed by atoms with van der Waals surface area (Å²) in [6.07, 6.45) is 3.32. The van der Waals surface area contributed by atoms with Crippen LogP contribution in [0.4, 0.5) is 0 Å². The Morgan fingerprint density at radius 1 is 1.00 bits per heavy atom. The molecule has 78 valence electrons. The maximum atomic E-state index is 4.46. The van der Waals surface area contributed by atoms with Gasteiger partial charge in [-0.3, -0.25) is 0 Å². The molecule has 0 fully saturated rings. The van der Waals surface area contributed by atoms with Gasteiger partial charge in [-0.25, -0.2) is 19.9 Å². The van der Waals surface area contributed by atoms with Crippen LogP contribution in [0.1, 0.15) is 32.3 Å². The smallest absolute Gasteiger partial charge is 0.181 e. The quantitative estimate of drug-likeness (QED) is 0.656. The first kappa shape index (κ1) is 9.96. The van der Waals surface area contributed by atoms with E-state index in [1.54, 1.807) is 12.4 Å². The van der Waals surface area contributed by atoms with Gasteiger partial charge in [0, 0.05) is 17.8 Å². The highest BCUT2D eigenvalue weighted by atomic mass is 15.0. The van der Waals surface area contributed by atoms with E-state index in [0.717, 1.165) is 17.0 Å². The summed E-state index contributed by atoms with van der Waals surface area (Å²) in [5, 5.41) is 0. The zero-order chi connectivity index (χ0) is 11.1. The largest absolute Gasteiger partial charge is 0.249 e. The Labute approximate surface area is 88.8 Å². The molecule has 0 radical (unpaired) electrons. The molecule has 4 heteroatoms. The normalized spacial score (nSPS) is 12.0. The van der Waals surface area contributed by atoms with Crippen molar-refractivity contribution < 1.29 is 0 Å². The van der Waals surface area contributed by atoms with E-state index in [9.17, 15) is 0 Å². The molecule has 0 saturated carbocycles. The lowest BCUT2D eigenvalue weighted by molar-refractivity contribution is 0.545. The van der Waals surface area contributed by atoms with Crippen molar-refractivity contribution in [3.63, 3.8) is 0 Å². The molecule has 0 aliphatic rings. The molecule has 0 unspecified atom stereocenters. The average molecular weight is 202 g/mol. The van der Waals surface area contributed by atoms with Gasteiger partial charge < -0.3 is 0 Å². The molecule has 0 atom stereocenters. The van der Waals surface area contributed by atoms with Crippen LogP contribution in [0.3, 0.4) is 0 Å². The van der Waals surface area contributed by atoms with E-state index in [0.29, 0.717) is 5.65 Å². The van der Waals surface area contributed by atoms with Gasteiger partial charge >= 0.3 is 0 Å². The van der Waals surface area contributed by atoms with Crippen LogP contribution in [0.15, 0.2) is 12.4 Å². The maximum absolute atomic E-state index is 4.46. The lowest BCUT2D eigenvalue weighted by Gasteiger charge is -2.16. The van der Waals surface area contributed by atoms with Crippen LogP contribution in [0.5, 0.6) is 0 Å². The third-order valence-electron chi connectivity index (χ3n) is 2.18. The van der Waals surface area contributed by atoms with Crippen molar-refractivity contribution in [2.24, 2.45) is 0 Å². The molecule has 0 bridgehead atoms. The molecule has 0 aliphatic heterocycles. The second kappa shape index (κ2) is 3.22. The lowest BCUT2D eigenvalue weighted by Crippen LogP contribution is -2.17. The van der Waals surface area contributed by atoms with Gasteiger partial charge in [0.05, 0.1) is 5.69 Å². The van der Waals surface area contributed by atoms with Crippen molar-refractivity contribution in [1.82, 2.24) is 19.9 Å². The van der Waals surface area contributed by atoms with Crippen LogP contribution in [0.2, 0.25) is 0 Å². The van der Waals surface area contributed by atoms with E-state index in [1.807, 2.05) is 6.92 Å². The molecule has 2 rings (SSSR count). The number of rotatable bonds is 0. The van der Waals surface area contributed by atoms with Crippen LogP contribution >= 0.6 is 0 Å². The highest BCUT2D eigenvalue weighted by molar-refractivity contribution is 5.71. The zero-order valence-electron chi connectivity index (χ0n) is 9.44. The summed E-state index contributed by atoms with van der Waals surface area (Å²) >= 11 is 0. The first-order chi connectivity index (χ1) is 6.98. The van der Waals surface area contributed by atoms with Gasteiger partial charge in [0.1, 0.15) is 11.3 Å². The molecule has 0 amide bonds. The Hall–Kier alpha value is -1.58. The zero-order valence-corrected chi connectivity index (χ0v) is 9.44. The molecule has 2 aromatic rings. The van der Waals surface area contributed by atoms with Crippen LogP contribution in [0, 0.1) is 6.92 Å².